The minimum Gasteiger partial charge on any atom is -0.445 e. The van der Waals surface area contributed by atoms with Gasteiger partial charge in [0.2, 0.25) is 0 Å². The van der Waals surface area contributed by atoms with Gasteiger partial charge in [-0.05, 0) is 24.1 Å². The van der Waals surface area contributed by atoms with E-state index >= 15 is 0 Å². The van der Waals surface area contributed by atoms with Gasteiger partial charge in [0, 0.05) is 6.20 Å². The van der Waals surface area contributed by atoms with Crippen molar-refractivity contribution in [3.8, 4) is 0 Å². The summed E-state index contributed by atoms with van der Waals surface area (Å²) >= 11 is 0. The average molecular weight is 282 g/mol. The lowest BCUT2D eigenvalue weighted by atomic mass is 10.1. The predicted octanol–water partition coefficient (Wildman–Crippen LogP) is 3.63. The molecular weight excluding hydrogens is 264 g/mol. The third-order valence-corrected chi connectivity index (χ3v) is 2.95. The van der Waals surface area contributed by atoms with Crippen LogP contribution in [0, 0.1) is 0 Å². The van der Waals surface area contributed by atoms with Gasteiger partial charge in [0.15, 0.2) is 0 Å². The van der Waals surface area contributed by atoms with Crippen LogP contribution in [0.4, 0.5) is 4.79 Å². The summed E-state index contributed by atoms with van der Waals surface area (Å²) in [6, 6.07) is 14.9. The first-order chi connectivity index (χ1) is 10.3. The number of hydrogen-bond acceptors (Lipinski definition) is 3. The number of hydrogen-bond donors (Lipinski definition) is 1. The lowest BCUT2D eigenvalue weighted by Gasteiger charge is -2.16. The smallest absolute Gasteiger partial charge is 0.408 e. The van der Waals surface area contributed by atoms with Crippen molar-refractivity contribution >= 4 is 6.09 Å². The van der Waals surface area contributed by atoms with E-state index in [0.717, 1.165) is 11.3 Å². The van der Waals surface area contributed by atoms with E-state index in [1.165, 1.54) is 0 Å². The molecule has 0 saturated heterocycles. The molecule has 0 bridgehead atoms. The van der Waals surface area contributed by atoms with Gasteiger partial charge in [-0.25, -0.2) is 4.79 Å². The molecule has 1 atom stereocenters. The maximum Gasteiger partial charge on any atom is 0.408 e. The van der Waals surface area contributed by atoms with E-state index < -0.39 is 6.09 Å². The van der Waals surface area contributed by atoms with Crippen molar-refractivity contribution in [1.82, 2.24) is 10.3 Å². The van der Waals surface area contributed by atoms with E-state index in [2.05, 4.69) is 16.9 Å². The van der Waals surface area contributed by atoms with Crippen LogP contribution in [0.15, 0.2) is 67.4 Å². The van der Waals surface area contributed by atoms with E-state index in [9.17, 15) is 4.79 Å². The molecule has 1 heterocycles. The number of nitrogens with one attached hydrogen (secondary N) is 1. The first kappa shape index (κ1) is 14.8. The fraction of sp³-hybridized carbons (Fsp3) is 0.176. The molecule has 0 radical (unpaired) electrons. The maximum atomic E-state index is 11.9. The minimum atomic E-state index is -0.462. The molecule has 1 aromatic carbocycles. The van der Waals surface area contributed by atoms with Crippen molar-refractivity contribution < 1.29 is 9.53 Å². The number of rotatable bonds is 6. The summed E-state index contributed by atoms with van der Waals surface area (Å²) < 4.78 is 5.21. The van der Waals surface area contributed by atoms with Crippen molar-refractivity contribution in [3.63, 3.8) is 0 Å². The van der Waals surface area contributed by atoms with E-state index in [1.807, 2.05) is 48.5 Å². The number of ether oxygens (including phenoxy) is 1. The fourth-order valence-corrected chi connectivity index (χ4v) is 1.91. The van der Waals surface area contributed by atoms with Gasteiger partial charge in [0.1, 0.15) is 6.61 Å². The van der Waals surface area contributed by atoms with E-state index in [-0.39, 0.29) is 12.6 Å². The summed E-state index contributed by atoms with van der Waals surface area (Å²) in [5.41, 5.74) is 1.74. The highest BCUT2D eigenvalue weighted by Gasteiger charge is 2.14. The lowest BCUT2D eigenvalue weighted by Crippen LogP contribution is -2.29. The number of pyridine rings is 1. The van der Waals surface area contributed by atoms with Gasteiger partial charge in [-0.15, -0.1) is 6.58 Å². The van der Waals surface area contributed by atoms with Crippen LogP contribution in [0.25, 0.3) is 0 Å². The number of aromatic nitrogens is 1. The van der Waals surface area contributed by atoms with Crippen molar-refractivity contribution in [2.45, 2.75) is 19.1 Å². The van der Waals surface area contributed by atoms with Crippen molar-refractivity contribution in [1.29, 1.82) is 0 Å². The summed E-state index contributed by atoms with van der Waals surface area (Å²) in [5.74, 6) is 0. The normalized spacial score (nSPS) is 11.4. The molecule has 108 valence electrons. The second-order valence-corrected chi connectivity index (χ2v) is 4.54. The molecule has 0 fully saturated rings. The zero-order chi connectivity index (χ0) is 14.9. The Morgan fingerprint density at radius 1 is 1.24 bits per heavy atom. The number of amides is 1. The summed E-state index contributed by atoms with van der Waals surface area (Å²) in [7, 11) is 0. The van der Waals surface area contributed by atoms with Crippen LogP contribution >= 0.6 is 0 Å². The van der Waals surface area contributed by atoms with Crippen molar-refractivity contribution in [2.75, 3.05) is 0 Å². The molecule has 1 N–H and O–H groups in total. The van der Waals surface area contributed by atoms with Crippen molar-refractivity contribution in [3.05, 3.63) is 78.6 Å². The molecule has 1 amide bonds. The molecule has 2 rings (SSSR count). The fourth-order valence-electron chi connectivity index (χ4n) is 1.91. The average Bonchev–Trinajstić information content (AvgIpc) is 2.54. The Morgan fingerprint density at radius 2 is 2.00 bits per heavy atom. The lowest BCUT2D eigenvalue weighted by molar-refractivity contribution is 0.135. The van der Waals surface area contributed by atoms with Gasteiger partial charge in [0.25, 0.3) is 0 Å². The standard InChI is InChI=1S/C17H18N2O2/c1-2-8-16(15-11-6-7-12-18-15)19-17(20)21-13-14-9-4-3-5-10-14/h2-7,9-12,16H,1,8,13H2,(H,19,20). The Balaban J connectivity index is 1.91. The summed E-state index contributed by atoms with van der Waals surface area (Å²) in [6.45, 7) is 3.95. The number of nitrogens with zero attached hydrogens (tertiary/aromatic N) is 1. The highest BCUT2D eigenvalue weighted by Crippen LogP contribution is 2.14. The molecule has 0 aliphatic rings. The highest BCUT2D eigenvalue weighted by molar-refractivity contribution is 5.67. The van der Waals surface area contributed by atoms with Gasteiger partial charge in [0.05, 0.1) is 11.7 Å². The molecule has 0 aliphatic heterocycles. The molecule has 4 heteroatoms. The Morgan fingerprint density at radius 3 is 2.67 bits per heavy atom. The Kier molecular flexibility index (Phi) is 5.52. The molecular formula is C17H18N2O2. The third kappa shape index (κ3) is 4.76. The Hall–Kier alpha value is -2.62. The number of carbonyl (C=O) groups excluding carboxylic acids is 1. The van der Waals surface area contributed by atoms with Gasteiger partial charge in [-0.1, -0.05) is 42.5 Å². The predicted molar refractivity (Wildman–Crippen MR) is 81.6 cm³/mol. The summed E-state index contributed by atoms with van der Waals surface area (Å²) in [6.07, 6.45) is 3.58. The van der Waals surface area contributed by atoms with Crippen LogP contribution in [0.1, 0.15) is 23.7 Å². The topological polar surface area (TPSA) is 51.2 Å². The number of carbonyl (C=O) groups is 1. The maximum absolute atomic E-state index is 11.9. The molecule has 21 heavy (non-hydrogen) atoms. The SMILES string of the molecule is C=CCC(NC(=O)OCc1ccccc1)c1ccccn1. The zero-order valence-electron chi connectivity index (χ0n) is 11.7. The van der Waals surface area contributed by atoms with Crippen LogP contribution < -0.4 is 5.32 Å². The molecule has 0 aliphatic carbocycles. The minimum absolute atomic E-state index is 0.230. The quantitative estimate of drug-likeness (QED) is 0.823. The van der Waals surface area contributed by atoms with Gasteiger partial charge < -0.3 is 10.1 Å². The first-order valence-electron chi connectivity index (χ1n) is 6.78. The van der Waals surface area contributed by atoms with E-state index in [4.69, 9.17) is 4.74 Å². The zero-order valence-corrected chi connectivity index (χ0v) is 11.7. The summed E-state index contributed by atoms with van der Waals surface area (Å²) in [4.78, 5) is 16.1. The van der Waals surface area contributed by atoms with Crippen LogP contribution in [-0.2, 0) is 11.3 Å². The van der Waals surface area contributed by atoms with Crippen LogP contribution in [-0.4, -0.2) is 11.1 Å². The molecule has 4 nitrogen and oxygen atoms in total. The van der Waals surface area contributed by atoms with Gasteiger partial charge in [-0.3, -0.25) is 4.98 Å². The van der Waals surface area contributed by atoms with E-state index in [1.54, 1.807) is 12.3 Å². The molecule has 0 saturated carbocycles. The third-order valence-electron chi connectivity index (χ3n) is 2.95. The first-order valence-corrected chi connectivity index (χ1v) is 6.78. The van der Waals surface area contributed by atoms with Gasteiger partial charge in [-0.2, -0.15) is 0 Å². The van der Waals surface area contributed by atoms with Crippen LogP contribution in [0.3, 0.4) is 0 Å². The molecule has 2 aromatic rings. The highest BCUT2D eigenvalue weighted by atomic mass is 16.5. The number of alkyl carbamates (subject to hydrolysis) is 1. The van der Waals surface area contributed by atoms with Crippen LogP contribution in [0.2, 0.25) is 0 Å². The van der Waals surface area contributed by atoms with Crippen LogP contribution in [0.5, 0.6) is 0 Å². The second-order valence-electron chi connectivity index (χ2n) is 4.54. The number of benzene rings is 1. The molecule has 0 spiro atoms. The molecule has 1 unspecified atom stereocenters. The Bertz CT molecular complexity index is 570. The summed E-state index contributed by atoms with van der Waals surface area (Å²) in [5, 5.41) is 2.81. The Labute approximate surface area is 124 Å². The second kappa shape index (κ2) is 7.85. The largest absolute Gasteiger partial charge is 0.445 e. The van der Waals surface area contributed by atoms with E-state index in [0.29, 0.717) is 6.42 Å². The molecule has 1 aromatic heterocycles. The van der Waals surface area contributed by atoms with Gasteiger partial charge >= 0.3 is 6.09 Å². The van der Waals surface area contributed by atoms with Crippen molar-refractivity contribution in [2.24, 2.45) is 0 Å². The monoisotopic (exact) mass is 282 g/mol.